The van der Waals surface area contributed by atoms with Gasteiger partial charge >= 0.3 is 11.9 Å². The molecule has 0 aliphatic carbocycles. The number of carboxylic acids is 2. The Bertz CT molecular complexity index is 699. The molecule has 0 atom stereocenters. The molecule has 2 rings (SSSR count). The van der Waals surface area contributed by atoms with E-state index in [1.54, 1.807) is 18.2 Å². The highest BCUT2D eigenvalue weighted by atomic mass is 35.5. The lowest BCUT2D eigenvalue weighted by Crippen LogP contribution is -1.97. The zero-order valence-corrected chi connectivity index (χ0v) is 10.8. The Hall–Kier alpha value is -2.53. The van der Waals surface area contributed by atoms with Gasteiger partial charge in [-0.15, -0.1) is 0 Å². The van der Waals surface area contributed by atoms with Crippen molar-refractivity contribution in [1.82, 2.24) is 0 Å². The molecule has 0 bridgehead atoms. The minimum atomic E-state index is -1.13. The summed E-state index contributed by atoms with van der Waals surface area (Å²) in [7, 11) is 0. The normalized spacial score (nSPS) is 10.8. The molecule has 2 N–H and O–H groups in total. The summed E-state index contributed by atoms with van der Waals surface area (Å²) in [6.45, 7) is 0. The minimum absolute atomic E-state index is 0.0248. The summed E-state index contributed by atoms with van der Waals surface area (Å²) in [6.07, 6.45) is 2.26. The number of aromatic carboxylic acids is 1. The van der Waals surface area contributed by atoms with E-state index in [4.69, 9.17) is 26.2 Å². The van der Waals surface area contributed by atoms with Crippen molar-refractivity contribution in [3.63, 3.8) is 0 Å². The van der Waals surface area contributed by atoms with Gasteiger partial charge in [0, 0.05) is 11.6 Å². The monoisotopic (exact) mass is 292 g/mol. The molecule has 102 valence electrons. The van der Waals surface area contributed by atoms with Crippen LogP contribution in [0.25, 0.3) is 17.4 Å². The second-order valence-corrected chi connectivity index (χ2v) is 4.28. The molecular weight excluding hydrogens is 284 g/mol. The van der Waals surface area contributed by atoms with Crippen molar-refractivity contribution in [2.24, 2.45) is 0 Å². The van der Waals surface area contributed by atoms with E-state index in [1.165, 1.54) is 18.2 Å². The smallest absolute Gasteiger partial charge is 0.337 e. The topological polar surface area (TPSA) is 87.7 Å². The van der Waals surface area contributed by atoms with Crippen LogP contribution in [0.1, 0.15) is 16.1 Å². The molecule has 1 aromatic carbocycles. The molecule has 20 heavy (non-hydrogen) atoms. The fourth-order valence-electron chi connectivity index (χ4n) is 1.59. The van der Waals surface area contributed by atoms with E-state index in [-0.39, 0.29) is 10.6 Å². The highest BCUT2D eigenvalue weighted by Crippen LogP contribution is 2.27. The zero-order valence-electron chi connectivity index (χ0n) is 10.0. The van der Waals surface area contributed by atoms with Gasteiger partial charge < -0.3 is 14.6 Å². The lowest BCUT2D eigenvalue weighted by atomic mass is 10.1. The largest absolute Gasteiger partial charge is 0.478 e. The number of halogens is 1. The molecular formula is C14H9ClO5. The Balaban J connectivity index is 2.35. The Morgan fingerprint density at radius 2 is 1.90 bits per heavy atom. The molecule has 0 aliphatic heterocycles. The summed E-state index contributed by atoms with van der Waals surface area (Å²) < 4.78 is 5.41. The van der Waals surface area contributed by atoms with E-state index in [0.717, 1.165) is 6.08 Å². The van der Waals surface area contributed by atoms with Gasteiger partial charge in [-0.2, -0.15) is 0 Å². The molecule has 0 radical (unpaired) electrons. The molecule has 0 aliphatic rings. The van der Waals surface area contributed by atoms with Crippen LogP contribution in [0.15, 0.2) is 40.8 Å². The number of hydrogen-bond donors (Lipinski definition) is 2. The predicted molar refractivity (Wildman–Crippen MR) is 72.8 cm³/mol. The van der Waals surface area contributed by atoms with E-state index in [9.17, 15) is 9.59 Å². The maximum atomic E-state index is 11.0. The number of hydrogen-bond acceptors (Lipinski definition) is 3. The summed E-state index contributed by atoms with van der Waals surface area (Å²) in [5.74, 6) is -1.43. The Labute approximate surface area is 118 Å². The molecule has 0 unspecified atom stereocenters. The van der Waals surface area contributed by atoms with Crippen molar-refractivity contribution >= 4 is 29.6 Å². The third kappa shape index (κ3) is 3.07. The van der Waals surface area contributed by atoms with Gasteiger partial charge in [0.1, 0.15) is 11.5 Å². The first-order chi connectivity index (χ1) is 9.47. The van der Waals surface area contributed by atoms with Gasteiger partial charge in [0.2, 0.25) is 0 Å². The maximum absolute atomic E-state index is 11.0. The van der Waals surface area contributed by atoms with Crippen molar-refractivity contribution in [3.05, 3.63) is 52.8 Å². The summed E-state index contributed by atoms with van der Waals surface area (Å²) >= 11 is 5.78. The lowest BCUT2D eigenvalue weighted by Gasteiger charge is -2.01. The van der Waals surface area contributed by atoms with E-state index in [2.05, 4.69) is 0 Å². The van der Waals surface area contributed by atoms with E-state index in [1.807, 2.05) is 0 Å². The van der Waals surface area contributed by atoms with Crippen LogP contribution in [0, 0.1) is 0 Å². The summed E-state index contributed by atoms with van der Waals surface area (Å²) in [6, 6.07) is 7.70. The quantitative estimate of drug-likeness (QED) is 0.843. The Morgan fingerprint density at radius 1 is 1.15 bits per heavy atom. The van der Waals surface area contributed by atoms with Crippen LogP contribution in [0.3, 0.4) is 0 Å². The first-order valence-electron chi connectivity index (χ1n) is 5.51. The highest BCUT2D eigenvalue weighted by Gasteiger charge is 2.12. The van der Waals surface area contributed by atoms with Crippen molar-refractivity contribution in [2.45, 2.75) is 0 Å². The number of carboxylic acid groups (broad SMARTS) is 2. The highest BCUT2D eigenvalue weighted by molar-refractivity contribution is 6.33. The fourth-order valence-corrected chi connectivity index (χ4v) is 1.79. The van der Waals surface area contributed by atoms with Crippen LogP contribution in [-0.4, -0.2) is 22.2 Å². The van der Waals surface area contributed by atoms with Crippen LogP contribution < -0.4 is 0 Å². The third-order valence-electron chi connectivity index (χ3n) is 2.50. The second-order valence-electron chi connectivity index (χ2n) is 3.87. The first kappa shape index (κ1) is 13.9. The van der Waals surface area contributed by atoms with Crippen LogP contribution in [-0.2, 0) is 4.79 Å². The molecule has 0 fully saturated rings. The summed E-state index contributed by atoms with van der Waals surface area (Å²) in [4.78, 5) is 21.4. The van der Waals surface area contributed by atoms with E-state index in [0.29, 0.717) is 17.1 Å². The van der Waals surface area contributed by atoms with Gasteiger partial charge in [0.05, 0.1) is 10.6 Å². The SMILES string of the molecule is O=C(O)/C=C/c1ccc(-c2ccc(Cl)c(C(=O)O)c2)o1. The van der Waals surface area contributed by atoms with Gasteiger partial charge in [-0.1, -0.05) is 11.6 Å². The number of benzene rings is 1. The Kier molecular flexibility index (Phi) is 3.91. The molecule has 0 spiro atoms. The van der Waals surface area contributed by atoms with Crippen molar-refractivity contribution in [2.75, 3.05) is 0 Å². The van der Waals surface area contributed by atoms with Crippen molar-refractivity contribution in [3.8, 4) is 11.3 Å². The lowest BCUT2D eigenvalue weighted by molar-refractivity contribution is -0.131. The van der Waals surface area contributed by atoms with E-state index < -0.39 is 11.9 Å². The van der Waals surface area contributed by atoms with Crippen molar-refractivity contribution < 1.29 is 24.2 Å². The molecule has 0 amide bonds. The van der Waals surface area contributed by atoms with Gasteiger partial charge in [0.15, 0.2) is 0 Å². The average molecular weight is 293 g/mol. The standard InChI is InChI=1S/C14H9ClO5/c15-11-4-1-8(7-10(11)14(18)19)12-5-2-9(20-12)3-6-13(16)17/h1-7H,(H,16,17)(H,18,19)/b6-3+. The third-order valence-corrected chi connectivity index (χ3v) is 2.83. The molecule has 6 heteroatoms. The molecule has 2 aromatic rings. The molecule has 1 heterocycles. The van der Waals surface area contributed by atoms with Gasteiger partial charge in [-0.3, -0.25) is 0 Å². The predicted octanol–water partition coefficient (Wildman–Crippen LogP) is 3.40. The number of rotatable bonds is 4. The van der Waals surface area contributed by atoms with Gasteiger partial charge in [-0.05, 0) is 36.4 Å². The summed E-state index contributed by atoms with van der Waals surface area (Å²) in [5.41, 5.74) is 0.518. The van der Waals surface area contributed by atoms with Gasteiger partial charge in [-0.25, -0.2) is 9.59 Å². The summed E-state index contributed by atoms with van der Waals surface area (Å²) in [5, 5.41) is 17.7. The van der Waals surface area contributed by atoms with Crippen LogP contribution in [0.2, 0.25) is 5.02 Å². The average Bonchev–Trinajstić information content (AvgIpc) is 2.85. The zero-order chi connectivity index (χ0) is 14.7. The van der Waals surface area contributed by atoms with Crippen LogP contribution in [0.4, 0.5) is 0 Å². The fraction of sp³-hybridized carbons (Fsp3) is 0. The van der Waals surface area contributed by atoms with Crippen LogP contribution >= 0.6 is 11.6 Å². The maximum Gasteiger partial charge on any atom is 0.337 e. The minimum Gasteiger partial charge on any atom is -0.478 e. The first-order valence-corrected chi connectivity index (χ1v) is 5.89. The molecule has 0 saturated carbocycles. The van der Waals surface area contributed by atoms with Crippen LogP contribution in [0.5, 0.6) is 0 Å². The van der Waals surface area contributed by atoms with E-state index >= 15 is 0 Å². The molecule has 5 nitrogen and oxygen atoms in total. The number of aliphatic carboxylic acids is 1. The Morgan fingerprint density at radius 3 is 2.55 bits per heavy atom. The second kappa shape index (κ2) is 5.63. The number of carbonyl (C=O) groups is 2. The molecule has 0 saturated heterocycles. The number of furan rings is 1. The van der Waals surface area contributed by atoms with Crippen molar-refractivity contribution in [1.29, 1.82) is 0 Å². The molecule has 1 aromatic heterocycles. The van der Waals surface area contributed by atoms with Gasteiger partial charge in [0.25, 0.3) is 0 Å².